The lowest BCUT2D eigenvalue weighted by molar-refractivity contribution is -0.382. The van der Waals surface area contributed by atoms with Gasteiger partial charge in [-0.15, -0.1) is 0 Å². The van der Waals surface area contributed by atoms with Crippen molar-refractivity contribution in [3.63, 3.8) is 0 Å². The number of rotatable bonds is 3. The van der Waals surface area contributed by atoms with E-state index in [1.54, 1.807) is 24.4 Å². The van der Waals surface area contributed by atoms with Crippen molar-refractivity contribution in [1.82, 2.24) is 4.98 Å². The highest BCUT2D eigenvalue weighted by molar-refractivity contribution is 5.94. The average Bonchev–Trinajstić information content (AvgIpc) is 2.97. The summed E-state index contributed by atoms with van der Waals surface area (Å²) in [5.74, 6) is 0. The van der Waals surface area contributed by atoms with Crippen LogP contribution in [0.3, 0.4) is 0 Å². The van der Waals surface area contributed by atoms with Crippen molar-refractivity contribution in [2.24, 2.45) is 0 Å². The fraction of sp³-hybridized carbons (Fsp3) is 0.167. The lowest BCUT2D eigenvalue weighted by Gasteiger charge is -2.16. The third-order valence-corrected chi connectivity index (χ3v) is 4.40. The summed E-state index contributed by atoms with van der Waals surface area (Å²) in [6.45, 7) is 0. The van der Waals surface area contributed by atoms with Gasteiger partial charge in [-0.1, -0.05) is 24.3 Å². The molecule has 1 aromatic heterocycles. The highest BCUT2D eigenvalue weighted by Crippen LogP contribution is 2.38. The van der Waals surface area contributed by atoms with Crippen LogP contribution in [-0.4, -0.2) is 9.91 Å². The topological polar surface area (TPSA) is 68.1 Å². The fourth-order valence-electron chi connectivity index (χ4n) is 3.34. The molecular formula is C18H15N3O2. The lowest BCUT2D eigenvalue weighted by atomic mass is 10.1. The third kappa shape index (κ3) is 2.30. The molecule has 114 valence electrons. The largest absolute Gasteiger partial charge is 0.373 e. The summed E-state index contributed by atoms with van der Waals surface area (Å²) in [4.78, 5) is 15.5. The van der Waals surface area contributed by atoms with Crippen molar-refractivity contribution in [2.45, 2.75) is 18.9 Å². The van der Waals surface area contributed by atoms with E-state index in [1.165, 1.54) is 11.1 Å². The predicted octanol–water partition coefficient (Wildman–Crippen LogP) is 4.24. The second-order valence-electron chi connectivity index (χ2n) is 5.72. The molecule has 4 rings (SSSR count). The maximum absolute atomic E-state index is 11.6. The first-order valence-corrected chi connectivity index (χ1v) is 7.60. The van der Waals surface area contributed by atoms with Crippen molar-refractivity contribution >= 4 is 22.3 Å². The summed E-state index contributed by atoms with van der Waals surface area (Å²) in [6.07, 6.45) is 3.59. The monoisotopic (exact) mass is 305 g/mol. The number of nitrogens with zero attached hydrogens (tertiary/aromatic N) is 2. The minimum absolute atomic E-state index is 0.0972. The van der Waals surface area contributed by atoms with Crippen LogP contribution < -0.4 is 5.32 Å². The molecule has 1 aliphatic rings. The van der Waals surface area contributed by atoms with Gasteiger partial charge in [0.2, 0.25) is 0 Å². The summed E-state index contributed by atoms with van der Waals surface area (Å²) < 4.78 is 0. The van der Waals surface area contributed by atoms with E-state index in [-0.39, 0.29) is 16.7 Å². The van der Waals surface area contributed by atoms with Crippen molar-refractivity contribution in [3.05, 3.63) is 76.0 Å². The maximum Gasteiger partial charge on any atom is 0.301 e. The SMILES string of the molecule is O=[N+]([O-])c1c(N[C@H]2CCc3ccccc32)ccc2ncccc12. The Labute approximate surface area is 133 Å². The molecule has 0 aliphatic heterocycles. The molecule has 1 N–H and O–H groups in total. The number of anilines is 1. The number of aromatic nitrogens is 1. The van der Waals surface area contributed by atoms with Gasteiger partial charge in [0.15, 0.2) is 0 Å². The smallest absolute Gasteiger partial charge is 0.301 e. The van der Waals surface area contributed by atoms with E-state index < -0.39 is 0 Å². The van der Waals surface area contributed by atoms with Crippen LogP contribution >= 0.6 is 0 Å². The van der Waals surface area contributed by atoms with Crippen LogP contribution in [0.4, 0.5) is 11.4 Å². The number of benzene rings is 2. The zero-order valence-electron chi connectivity index (χ0n) is 12.4. The Balaban J connectivity index is 1.78. The van der Waals surface area contributed by atoms with Gasteiger partial charge in [-0.2, -0.15) is 0 Å². The number of pyridine rings is 1. The number of hydrogen-bond donors (Lipinski definition) is 1. The van der Waals surface area contributed by atoms with E-state index in [0.717, 1.165) is 12.8 Å². The molecular weight excluding hydrogens is 290 g/mol. The zero-order valence-corrected chi connectivity index (χ0v) is 12.4. The van der Waals surface area contributed by atoms with Crippen LogP contribution in [0.15, 0.2) is 54.7 Å². The van der Waals surface area contributed by atoms with Gasteiger partial charge in [-0.3, -0.25) is 15.1 Å². The molecule has 5 heteroatoms. The Kier molecular flexibility index (Phi) is 3.19. The Hall–Kier alpha value is -2.95. The van der Waals surface area contributed by atoms with E-state index in [1.807, 2.05) is 18.2 Å². The molecule has 5 nitrogen and oxygen atoms in total. The van der Waals surface area contributed by atoms with Crippen molar-refractivity contribution in [2.75, 3.05) is 5.32 Å². The molecule has 0 saturated heterocycles. The molecule has 2 aromatic carbocycles. The molecule has 1 heterocycles. The highest BCUT2D eigenvalue weighted by Gasteiger charge is 2.26. The number of nitrogens with one attached hydrogen (secondary N) is 1. The van der Waals surface area contributed by atoms with Crippen molar-refractivity contribution in [1.29, 1.82) is 0 Å². The van der Waals surface area contributed by atoms with Gasteiger partial charge in [0, 0.05) is 6.20 Å². The molecule has 3 aromatic rings. The van der Waals surface area contributed by atoms with Gasteiger partial charge >= 0.3 is 5.69 Å². The molecule has 23 heavy (non-hydrogen) atoms. The average molecular weight is 305 g/mol. The molecule has 1 aliphatic carbocycles. The lowest BCUT2D eigenvalue weighted by Crippen LogP contribution is -2.09. The molecule has 0 saturated carbocycles. The number of hydrogen-bond acceptors (Lipinski definition) is 4. The first-order chi connectivity index (χ1) is 11.2. The van der Waals surface area contributed by atoms with E-state index in [9.17, 15) is 10.1 Å². The Bertz CT molecular complexity index is 908. The van der Waals surface area contributed by atoms with Gasteiger partial charge in [0.05, 0.1) is 21.9 Å². The minimum atomic E-state index is -0.326. The molecule has 0 radical (unpaired) electrons. The summed E-state index contributed by atoms with van der Waals surface area (Å²) in [5.41, 5.74) is 3.83. The number of nitro benzene ring substituents is 1. The Morgan fingerprint density at radius 1 is 1.13 bits per heavy atom. The van der Waals surface area contributed by atoms with Gasteiger partial charge in [-0.25, -0.2) is 0 Å². The second-order valence-corrected chi connectivity index (χ2v) is 5.72. The maximum atomic E-state index is 11.6. The van der Waals surface area contributed by atoms with Gasteiger partial charge in [0.1, 0.15) is 5.69 Å². The fourth-order valence-corrected chi connectivity index (χ4v) is 3.34. The van der Waals surface area contributed by atoms with Crippen molar-refractivity contribution in [3.8, 4) is 0 Å². The first kappa shape index (κ1) is 13.7. The standard InChI is InChI=1S/C18H15N3O2/c22-21(23)18-14-6-3-11-19-15(14)9-10-17(18)20-16-8-7-12-4-1-2-5-13(12)16/h1-6,9-11,16,20H,7-8H2/t16-/m0/s1. The van der Waals surface area contributed by atoms with E-state index in [2.05, 4.69) is 22.4 Å². The van der Waals surface area contributed by atoms with Gasteiger partial charge < -0.3 is 5.32 Å². The van der Waals surface area contributed by atoms with Crippen LogP contribution in [-0.2, 0) is 6.42 Å². The Morgan fingerprint density at radius 2 is 2.00 bits per heavy atom. The Morgan fingerprint density at radius 3 is 2.87 bits per heavy atom. The quantitative estimate of drug-likeness (QED) is 0.580. The van der Waals surface area contributed by atoms with Crippen LogP contribution in [0.2, 0.25) is 0 Å². The van der Waals surface area contributed by atoms with E-state index in [4.69, 9.17) is 0 Å². The van der Waals surface area contributed by atoms with Crippen LogP contribution in [0.25, 0.3) is 10.9 Å². The zero-order chi connectivity index (χ0) is 15.8. The molecule has 0 unspecified atom stereocenters. The third-order valence-electron chi connectivity index (χ3n) is 4.40. The number of aryl methyl sites for hydroxylation is 1. The number of fused-ring (bicyclic) bond motifs is 2. The van der Waals surface area contributed by atoms with E-state index in [0.29, 0.717) is 16.6 Å². The summed E-state index contributed by atoms with van der Waals surface area (Å²) >= 11 is 0. The van der Waals surface area contributed by atoms with Crippen LogP contribution in [0.1, 0.15) is 23.6 Å². The normalized spacial score (nSPS) is 16.3. The molecule has 0 amide bonds. The molecule has 1 atom stereocenters. The van der Waals surface area contributed by atoms with Crippen LogP contribution in [0, 0.1) is 10.1 Å². The predicted molar refractivity (Wildman–Crippen MR) is 89.5 cm³/mol. The highest BCUT2D eigenvalue weighted by atomic mass is 16.6. The summed E-state index contributed by atoms with van der Waals surface area (Å²) in [6, 6.07) is 15.4. The molecule has 0 fully saturated rings. The second kappa shape index (κ2) is 5.35. The van der Waals surface area contributed by atoms with Gasteiger partial charge in [-0.05, 0) is 48.2 Å². The van der Waals surface area contributed by atoms with E-state index >= 15 is 0 Å². The first-order valence-electron chi connectivity index (χ1n) is 7.60. The number of nitro groups is 1. The summed E-state index contributed by atoms with van der Waals surface area (Å²) in [5, 5.41) is 15.5. The van der Waals surface area contributed by atoms with Crippen molar-refractivity contribution < 1.29 is 4.92 Å². The molecule has 0 bridgehead atoms. The minimum Gasteiger partial charge on any atom is -0.373 e. The summed E-state index contributed by atoms with van der Waals surface area (Å²) in [7, 11) is 0. The van der Waals surface area contributed by atoms with Crippen LogP contribution in [0.5, 0.6) is 0 Å². The molecule has 0 spiro atoms. The van der Waals surface area contributed by atoms with Gasteiger partial charge in [0.25, 0.3) is 0 Å².